The number of hydrogen-bond donors (Lipinski definition) is 0. The fourth-order valence-electron chi connectivity index (χ4n) is 0.585. The van der Waals surface area contributed by atoms with Crippen molar-refractivity contribution >= 4 is 18.9 Å². The Bertz CT molecular complexity index is 272. The van der Waals surface area contributed by atoms with Crippen molar-refractivity contribution in [1.82, 2.24) is 15.0 Å². The van der Waals surface area contributed by atoms with Crippen molar-refractivity contribution in [3.8, 4) is 0 Å². The van der Waals surface area contributed by atoms with Gasteiger partial charge in [-0.1, -0.05) is 0 Å². The highest BCUT2D eigenvalue weighted by atomic mass is 16.1. The Balaban J connectivity index is 3.26. The molecule has 0 spiro atoms. The van der Waals surface area contributed by atoms with Gasteiger partial charge in [0.05, 0.1) is 0 Å². The molecule has 12 heavy (non-hydrogen) atoms. The van der Waals surface area contributed by atoms with Gasteiger partial charge in [-0.2, -0.15) is 0 Å². The summed E-state index contributed by atoms with van der Waals surface area (Å²) in [5.74, 6) is -0.683. The monoisotopic (exact) mass is 165 g/mol. The van der Waals surface area contributed by atoms with Crippen LogP contribution in [0.4, 0.5) is 0 Å². The third-order valence-electron chi connectivity index (χ3n) is 1.00. The van der Waals surface area contributed by atoms with E-state index in [4.69, 9.17) is 0 Å². The van der Waals surface area contributed by atoms with Crippen LogP contribution in [0.3, 0.4) is 0 Å². The summed E-state index contributed by atoms with van der Waals surface area (Å²) in [6, 6.07) is 0. The lowest BCUT2D eigenvalue weighted by atomic mass is 10.5. The average Bonchev–Trinajstić information content (AvgIpc) is 2.16. The lowest BCUT2D eigenvalue weighted by Gasteiger charge is -1.92. The summed E-state index contributed by atoms with van der Waals surface area (Å²) in [5.41, 5.74) is 0. The van der Waals surface area contributed by atoms with Crippen molar-refractivity contribution in [2.45, 2.75) is 0 Å². The van der Waals surface area contributed by atoms with Crippen molar-refractivity contribution in [2.75, 3.05) is 0 Å². The molecule has 1 heterocycles. The molecule has 6 heteroatoms. The topological polar surface area (TPSA) is 89.9 Å². The second-order valence-corrected chi connectivity index (χ2v) is 1.76. The second-order valence-electron chi connectivity index (χ2n) is 1.76. The van der Waals surface area contributed by atoms with E-state index in [0.717, 1.165) is 0 Å². The Hall–Kier alpha value is -1.98. The summed E-state index contributed by atoms with van der Waals surface area (Å²) in [7, 11) is 0. The molecule has 0 aliphatic rings. The predicted molar refractivity (Wildman–Crippen MR) is 36.0 cm³/mol. The molecule has 1 aromatic heterocycles. The van der Waals surface area contributed by atoms with Crippen LogP contribution < -0.4 is 0 Å². The fraction of sp³-hybridized carbons (Fsp3) is 0. The van der Waals surface area contributed by atoms with Crippen molar-refractivity contribution in [2.24, 2.45) is 0 Å². The molecule has 0 fully saturated rings. The van der Waals surface area contributed by atoms with E-state index in [1.807, 2.05) is 0 Å². The zero-order valence-electron chi connectivity index (χ0n) is 5.80. The van der Waals surface area contributed by atoms with E-state index in [-0.39, 0.29) is 17.5 Å². The van der Waals surface area contributed by atoms with Gasteiger partial charge in [-0.15, -0.1) is 0 Å². The van der Waals surface area contributed by atoms with Gasteiger partial charge >= 0.3 is 0 Å². The molecule has 0 aliphatic carbocycles. The summed E-state index contributed by atoms with van der Waals surface area (Å²) in [5, 5.41) is 0. The van der Waals surface area contributed by atoms with Gasteiger partial charge in [0.2, 0.25) is 0 Å². The maximum absolute atomic E-state index is 10.2. The highest BCUT2D eigenvalue weighted by molar-refractivity contribution is 5.77. The van der Waals surface area contributed by atoms with Crippen molar-refractivity contribution in [3.05, 3.63) is 17.5 Å². The molecule has 60 valence electrons. The van der Waals surface area contributed by atoms with Gasteiger partial charge in [0.1, 0.15) is 0 Å². The summed E-state index contributed by atoms with van der Waals surface area (Å²) < 4.78 is 0. The number of rotatable bonds is 3. The fourth-order valence-corrected chi connectivity index (χ4v) is 0.585. The van der Waals surface area contributed by atoms with Crippen LogP contribution in [-0.4, -0.2) is 33.8 Å². The van der Waals surface area contributed by atoms with E-state index >= 15 is 0 Å². The van der Waals surface area contributed by atoms with Gasteiger partial charge in [-0.25, -0.2) is 15.0 Å². The van der Waals surface area contributed by atoms with E-state index in [9.17, 15) is 14.4 Å². The molecule has 0 unspecified atom stereocenters. The Morgan fingerprint density at radius 3 is 1.08 bits per heavy atom. The second kappa shape index (κ2) is 3.42. The SMILES string of the molecule is O=Cc1nc(C=O)nc(C=O)n1. The maximum Gasteiger partial charge on any atom is 0.196 e. The Labute approximate surface area is 66.7 Å². The lowest BCUT2D eigenvalue weighted by molar-refractivity contribution is 0.110. The summed E-state index contributed by atoms with van der Waals surface area (Å²) >= 11 is 0. The van der Waals surface area contributed by atoms with Crippen molar-refractivity contribution in [1.29, 1.82) is 0 Å². The van der Waals surface area contributed by atoms with Crippen molar-refractivity contribution in [3.63, 3.8) is 0 Å². The molecule has 0 amide bonds. The lowest BCUT2D eigenvalue weighted by Crippen LogP contribution is -2.05. The van der Waals surface area contributed by atoms with Crippen LogP contribution in [0.15, 0.2) is 0 Å². The molecule has 1 aromatic rings. The smallest absolute Gasteiger partial charge is 0.196 e. The minimum absolute atomic E-state index is 0.228. The molecule has 0 bridgehead atoms. The summed E-state index contributed by atoms with van der Waals surface area (Å²) in [6.45, 7) is 0. The molecule has 0 saturated carbocycles. The molecule has 1 rings (SSSR count). The van der Waals surface area contributed by atoms with Crippen LogP contribution in [0.5, 0.6) is 0 Å². The minimum Gasteiger partial charge on any atom is -0.294 e. The van der Waals surface area contributed by atoms with Crippen LogP contribution in [0, 0.1) is 0 Å². The molecular formula is C6H3N3O3. The normalized spacial score (nSPS) is 9.00. The first-order valence-corrected chi connectivity index (χ1v) is 2.91. The van der Waals surface area contributed by atoms with E-state index in [1.54, 1.807) is 0 Å². The van der Waals surface area contributed by atoms with Crippen LogP contribution >= 0.6 is 0 Å². The Kier molecular flexibility index (Phi) is 2.32. The highest BCUT2D eigenvalue weighted by Crippen LogP contribution is 1.89. The number of carbonyl (C=O) groups excluding carboxylic acids is 3. The number of aldehydes is 3. The maximum atomic E-state index is 10.2. The van der Waals surface area contributed by atoms with Gasteiger partial charge < -0.3 is 0 Å². The van der Waals surface area contributed by atoms with Gasteiger partial charge in [-0.3, -0.25) is 14.4 Å². The van der Waals surface area contributed by atoms with Gasteiger partial charge in [0, 0.05) is 0 Å². The summed E-state index contributed by atoms with van der Waals surface area (Å²) in [6.07, 6.45) is 1.00. The third-order valence-corrected chi connectivity index (χ3v) is 1.00. The first-order valence-electron chi connectivity index (χ1n) is 2.91. The number of aromatic nitrogens is 3. The van der Waals surface area contributed by atoms with Crippen LogP contribution in [0.25, 0.3) is 0 Å². The molecule has 0 saturated heterocycles. The standard InChI is InChI=1S/C6H3N3O3/c10-1-4-7-5(2-11)9-6(3-12)8-4/h1-3H. The molecule has 0 radical (unpaired) electrons. The van der Waals surface area contributed by atoms with Crippen LogP contribution in [0.1, 0.15) is 31.9 Å². The molecule has 6 nitrogen and oxygen atoms in total. The first-order chi connectivity index (χ1) is 5.80. The van der Waals surface area contributed by atoms with Gasteiger partial charge in [-0.05, 0) is 0 Å². The summed E-state index contributed by atoms with van der Waals surface area (Å²) in [4.78, 5) is 40.7. The van der Waals surface area contributed by atoms with Crippen LogP contribution in [-0.2, 0) is 0 Å². The number of nitrogens with zero attached hydrogens (tertiary/aromatic N) is 3. The molecule has 0 aliphatic heterocycles. The highest BCUT2D eigenvalue weighted by Gasteiger charge is 2.02. The third kappa shape index (κ3) is 1.54. The number of hydrogen-bond acceptors (Lipinski definition) is 6. The van der Waals surface area contributed by atoms with Crippen LogP contribution in [0.2, 0.25) is 0 Å². The number of carbonyl (C=O) groups is 3. The van der Waals surface area contributed by atoms with Gasteiger partial charge in [0.25, 0.3) is 0 Å². The molecule has 0 aromatic carbocycles. The quantitative estimate of drug-likeness (QED) is 0.550. The minimum atomic E-state index is -0.228. The van der Waals surface area contributed by atoms with Gasteiger partial charge in [0.15, 0.2) is 36.3 Å². The van der Waals surface area contributed by atoms with E-state index in [2.05, 4.69) is 15.0 Å². The predicted octanol–water partition coefficient (Wildman–Crippen LogP) is -0.691. The molecular weight excluding hydrogens is 162 g/mol. The first kappa shape index (κ1) is 8.12. The Morgan fingerprint density at radius 1 is 0.667 bits per heavy atom. The van der Waals surface area contributed by atoms with E-state index in [0.29, 0.717) is 18.9 Å². The molecule has 0 atom stereocenters. The zero-order valence-corrected chi connectivity index (χ0v) is 5.80. The zero-order chi connectivity index (χ0) is 8.97. The van der Waals surface area contributed by atoms with E-state index in [1.165, 1.54) is 0 Å². The van der Waals surface area contributed by atoms with E-state index < -0.39 is 0 Å². The average molecular weight is 165 g/mol. The Morgan fingerprint density at radius 2 is 0.917 bits per heavy atom. The molecule has 0 N–H and O–H groups in total. The largest absolute Gasteiger partial charge is 0.294 e. The van der Waals surface area contributed by atoms with Crippen molar-refractivity contribution < 1.29 is 14.4 Å².